The van der Waals surface area contributed by atoms with Crippen LogP contribution in [0, 0.1) is 13.8 Å². The Bertz CT molecular complexity index is 531. The summed E-state index contributed by atoms with van der Waals surface area (Å²) in [5.41, 5.74) is 6.22. The van der Waals surface area contributed by atoms with E-state index in [2.05, 4.69) is 61.6 Å². The molecule has 100 valence electrons. The van der Waals surface area contributed by atoms with Gasteiger partial charge in [0.15, 0.2) is 0 Å². The lowest BCUT2D eigenvalue weighted by molar-refractivity contribution is 0.299. The van der Waals surface area contributed by atoms with Crippen LogP contribution in [-0.2, 0) is 13.0 Å². The topological polar surface area (TPSA) is 32.3 Å². The van der Waals surface area contributed by atoms with Crippen molar-refractivity contribution < 1.29 is 5.11 Å². The van der Waals surface area contributed by atoms with E-state index in [1.165, 1.54) is 22.3 Å². The number of hydrogen-bond donors (Lipinski definition) is 2. The lowest BCUT2D eigenvalue weighted by Crippen LogP contribution is -2.02. The van der Waals surface area contributed by atoms with Crippen LogP contribution >= 0.6 is 0 Å². The SMILES string of the molecule is Cc1ccc(C)c(CNc2ccc(CCO)cc2)c1. The van der Waals surface area contributed by atoms with E-state index in [9.17, 15) is 0 Å². The third-order valence-corrected chi connectivity index (χ3v) is 3.34. The fourth-order valence-corrected chi connectivity index (χ4v) is 2.11. The molecule has 2 heteroatoms. The standard InChI is InChI=1S/C17H21NO/c1-13-3-4-14(2)16(11-13)12-18-17-7-5-15(6-8-17)9-10-19/h3-8,11,18-19H,9-10,12H2,1-2H3. The van der Waals surface area contributed by atoms with Gasteiger partial charge in [0.1, 0.15) is 0 Å². The summed E-state index contributed by atoms with van der Waals surface area (Å²) in [4.78, 5) is 0. The summed E-state index contributed by atoms with van der Waals surface area (Å²) in [5.74, 6) is 0. The predicted molar refractivity (Wildman–Crippen MR) is 80.5 cm³/mol. The van der Waals surface area contributed by atoms with Crippen LogP contribution < -0.4 is 5.32 Å². The molecule has 0 unspecified atom stereocenters. The van der Waals surface area contributed by atoms with Gasteiger partial charge in [0.25, 0.3) is 0 Å². The minimum absolute atomic E-state index is 0.204. The van der Waals surface area contributed by atoms with Gasteiger partial charge in [0, 0.05) is 18.8 Å². The number of aliphatic hydroxyl groups excluding tert-OH is 1. The van der Waals surface area contributed by atoms with E-state index in [4.69, 9.17) is 5.11 Å². The number of nitrogens with one attached hydrogen (secondary N) is 1. The zero-order chi connectivity index (χ0) is 13.7. The molecule has 0 amide bonds. The second kappa shape index (κ2) is 6.39. The number of aryl methyl sites for hydroxylation is 2. The van der Waals surface area contributed by atoms with Gasteiger partial charge < -0.3 is 10.4 Å². The van der Waals surface area contributed by atoms with E-state index in [0.717, 1.165) is 18.7 Å². The predicted octanol–water partition coefficient (Wildman–Crippen LogP) is 3.45. The van der Waals surface area contributed by atoms with Gasteiger partial charge in [-0.25, -0.2) is 0 Å². The first-order valence-electron chi connectivity index (χ1n) is 6.69. The maximum absolute atomic E-state index is 8.88. The molecule has 0 spiro atoms. The highest BCUT2D eigenvalue weighted by atomic mass is 16.2. The highest BCUT2D eigenvalue weighted by Crippen LogP contribution is 2.15. The molecule has 0 radical (unpaired) electrons. The number of hydrogen-bond acceptors (Lipinski definition) is 2. The smallest absolute Gasteiger partial charge is 0.0471 e. The summed E-state index contributed by atoms with van der Waals surface area (Å²) < 4.78 is 0. The highest BCUT2D eigenvalue weighted by Gasteiger charge is 1.99. The Hall–Kier alpha value is -1.80. The van der Waals surface area contributed by atoms with Gasteiger partial charge in [-0.2, -0.15) is 0 Å². The van der Waals surface area contributed by atoms with Crippen molar-refractivity contribution in [1.82, 2.24) is 0 Å². The summed E-state index contributed by atoms with van der Waals surface area (Å²) in [6, 6.07) is 14.8. The summed E-state index contributed by atoms with van der Waals surface area (Å²) in [6.07, 6.45) is 0.720. The Kier molecular flexibility index (Phi) is 4.58. The number of benzene rings is 2. The van der Waals surface area contributed by atoms with Crippen LogP contribution in [0.25, 0.3) is 0 Å². The van der Waals surface area contributed by atoms with Crippen LogP contribution in [0.5, 0.6) is 0 Å². The normalized spacial score (nSPS) is 10.5. The van der Waals surface area contributed by atoms with Gasteiger partial charge >= 0.3 is 0 Å². The molecule has 0 aliphatic carbocycles. The minimum Gasteiger partial charge on any atom is -0.396 e. The van der Waals surface area contributed by atoms with E-state index < -0.39 is 0 Å². The van der Waals surface area contributed by atoms with Crippen LogP contribution in [0.4, 0.5) is 5.69 Å². The molecule has 2 rings (SSSR count). The average Bonchev–Trinajstić information content (AvgIpc) is 2.42. The molecule has 0 saturated heterocycles. The van der Waals surface area contributed by atoms with Crippen LogP contribution in [0.15, 0.2) is 42.5 Å². The largest absolute Gasteiger partial charge is 0.396 e. The monoisotopic (exact) mass is 255 g/mol. The molecule has 0 saturated carbocycles. The van der Waals surface area contributed by atoms with E-state index in [-0.39, 0.29) is 6.61 Å². The third-order valence-electron chi connectivity index (χ3n) is 3.34. The van der Waals surface area contributed by atoms with Crippen molar-refractivity contribution in [2.75, 3.05) is 11.9 Å². The molecule has 2 nitrogen and oxygen atoms in total. The fraction of sp³-hybridized carbons (Fsp3) is 0.294. The highest BCUT2D eigenvalue weighted by molar-refractivity contribution is 5.46. The second-order valence-electron chi connectivity index (χ2n) is 4.95. The van der Waals surface area contributed by atoms with Gasteiger partial charge in [-0.15, -0.1) is 0 Å². The first kappa shape index (κ1) is 13.6. The van der Waals surface area contributed by atoms with Gasteiger partial charge in [0.2, 0.25) is 0 Å². The molecule has 0 bridgehead atoms. The van der Waals surface area contributed by atoms with E-state index in [1.807, 2.05) is 0 Å². The average molecular weight is 255 g/mol. The van der Waals surface area contributed by atoms with Crippen molar-refractivity contribution in [2.45, 2.75) is 26.8 Å². The van der Waals surface area contributed by atoms with Crippen LogP contribution in [-0.4, -0.2) is 11.7 Å². The van der Waals surface area contributed by atoms with E-state index >= 15 is 0 Å². The quantitative estimate of drug-likeness (QED) is 0.857. The molecule has 2 N–H and O–H groups in total. The molecule has 0 aliphatic heterocycles. The first-order valence-corrected chi connectivity index (χ1v) is 6.69. The Balaban J connectivity index is 2.00. The Labute approximate surface area is 115 Å². The lowest BCUT2D eigenvalue weighted by atomic mass is 10.1. The second-order valence-corrected chi connectivity index (χ2v) is 4.95. The Morgan fingerprint density at radius 2 is 1.74 bits per heavy atom. The molecule has 0 atom stereocenters. The minimum atomic E-state index is 0.204. The molecule has 0 aromatic heterocycles. The molecule has 19 heavy (non-hydrogen) atoms. The van der Waals surface area contributed by atoms with E-state index in [1.54, 1.807) is 0 Å². The van der Waals surface area contributed by atoms with Crippen molar-refractivity contribution in [1.29, 1.82) is 0 Å². The lowest BCUT2D eigenvalue weighted by Gasteiger charge is -2.10. The van der Waals surface area contributed by atoms with Crippen LogP contribution in [0.1, 0.15) is 22.3 Å². The van der Waals surface area contributed by atoms with Crippen molar-refractivity contribution >= 4 is 5.69 Å². The third kappa shape index (κ3) is 3.83. The van der Waals surface area contributed by atoms with Gasteiger partial charge in [0.05, 0.1) is 0 Å². The molecule has 0 fully saturated rings. The maximum Gasteiger partial charge on any atom is 0.0471 e. The number of aliphatic hydroxyl groups is 1. The summed E-state index contributed by atoms with van der Waals surface area (Å²) in [7, 11) is 0. The maximum atomic E-state index is 8.88. The zero-order valence-electron chi connectivity index (χ0n) is 11.6. The summed E-state index contributed by atoms with van der Waals surface area (Å²) >= 11 is 0. The molecule has 0 aliphatic rings. The van der Waals surface area contributed by atoms with Gasteiger partial charge in [-0.05, 0) is 49.1 Å². The van der Waals surface area contributed by atoms with Crippen molar-refractivity contribution in [3.8, 4) is 0 Å². The van der Waals surface area contributed by atoms with E-state index in [0.29, 0.717) is 0 Å². The first-order chi connectivity index (χ1) is 9.19. The van der Waals surface area contributed by atoms with Crippen molar-refractivity contribution in [2.24, 2.45) is 0 Å². The Morgan fingerprint density at radius 1 is 1.00 bits per heavy atom. The van der Waals surface area contributed by atoms with Gasteiger partial charge in [-0.1, -0.05) is 35.9 Å². The Morgan fingerprint density at radius 3 is 2.42 bits per heavy atom. The molecular weight excluding hydrogens is 234 g/mol. The molecule has 2 aromatic carbocycles. The number of rotatable bonds is 5. The molecular formula is C17H21NO. The summed E-state index contributed by atoms with van der Waals surface area (Å²) in [6.45, 7) is 5.30. The van der Waals surface area contributed by atoms with Crippen LogP contribution in [0.3, 0.4) is 0 Å². The van der Waals surface area contributed by atoms with Gasteiger partial charge in [-0.3, -0.25) is 0 Å². The zero-order valence-corrected chi connectivity index (χ0v) is 11.6. The number of anilines is 1. The van der Waals surface area contributed by atoms with Crippen LogP contribution in [0.2, 0.25) is 0 Å². The van der Waals surface area contributed by atoms with Crippen molar-refractivity contribution in [3.05, 3.63) is 64.7 Å². The van der Waals surface area contributed by atoms with Crippen molar-refractivity contribution in [3.63, 3.8) is 0 Å². The summed E-state index contributed by atoms with van der Waals surface area (Å²) in [5, 5.41) is 12.3. The molecule has 2 aromatic rings. The molecule has 0 heterocycles. The fourth-order valence-electron chi connectivity index (χ4n) is 2.11.